The highest BCUT2D eigenvalue weighted by molar-refractivity contribution is 5.90. The number of anilines is 1. The molecule has 0 heterocycles. The molecule has 0 spiro atoms. The molecule has 7 nitrogen and oxygen atoms in total. The van der Waals surface area contributed by atoms with Crippen molar-refractivity contribution in [1.29, 1.82) is 0 Å². The number of amides is 3. The second-order valence-corrected chi connectivity index (χ2v) is 8.56. The van der Waals surface area contributed by atoms with Gasteiger partial charge in [0.15, 0.2) is 0 Å². The molecular weight excluding hydrogens is 370 g/mol. The van der Waals surface area contributed by atoms with E-state index in [4.69, 9.17) is 4.74 Å². The first kappa shape index (κ1) is 22.7. The Morgan fingerprint density at radius 2 is 1.66 bits per heavy atom. The summed E-state index contributed by atoms with van der Waals surface area (Å²) < 4.78 is 5.11. The van der Waals surface area contributed by atoms with Crippen molar-refractivity contribution in [2.75, 3.05) is 11.9 Å². The van der Waals surface area contributed by atoms with Crippen LogP contribution in [0.25, 0.3) is 0 Å². The topological polar surface area (TPSA) is 96.5 Å². The third kappa shape index (κ3) is 9.45. The Labute approximate surface area is 173 Å². The highest BCUT2D eigenvalue weighted by Crippen LogP contribution is 2.27. The lowest BCUT2D eigenvalue weighted by Crippen LogP contribution is -2.35. The van der Waals surface area contributed by atoms with E-state index in [0.29, 0.717) is 18.9 Å². The molecule has 0 aliphatic heterocycles. The zero-order valence-electron chi connectivity index (χ0n) is 17.7. The zero-order valence-corrected chi connectivity index (χ0v) is 17.7. The summed E-state index contributed by atoms with van der Waals surface area (Å²) in [6, 6.07) is 7.45. The number of hydrogen-bond acceptors (Lipinski definition) is 4. The number of ether oxygens (including phenoxy) is 1. The van der Waals surface area contributed by atoms with Crippen molar-refractivity contribution in [3.63, 3.8) is 0 Å². The average Bonchev–Trinajstić information content (AvgIpc) is 3.12. The maximum absolute atomic E-state index is 12.1. The highest BCUT2D eigenvalue weighted by Gasteiger charge is 2.18. The van der Waals surface area contributed by atoms with Gasteiger partial charge in [-0.2, -0.15) is 0 Å². The third-order valence-corrected chi connectivity index (χ3v) is 4.70. The minimum absolute atomic E-state index is 0.0652. The van der Waals surface area contributed by atoms with Crippen LogP contribution in [-0.4, -0.2) is 30.1 Å². The van der Waals surface area contributed by atoms with Crippen LogP contribution < -0.4 is 16.0 Å². The van der Waals surface area contributed by atoms with Crippen molar-refractivity contribution in [2.45, 2.75) is 71.4 Å². The largest absolute Gasteiger partial charge is 0.444 e. The van der Waals surface area contributed by atoms with Crippen LogP contribution in [0, 0.1) is 5.92 Å². The van der Waals surface area contributed by atoms with Gasteiger partial charge in [0.05, 0.1) is 0 Å². The van der Waals surface area contributed by atoms with Gasteiger partial charge in [0.25, 0.3) is 0 Å². The number of carbonyl (C=O) groups excluding carboxylic acids is 3. The molecule has 2 rings (SSSR count). The van der Waals surface area contributed by atoms with Crippen molar-refractivity contribution in [2.24, 2.45) is 5.92 Å². The monoisotopic (exact) mass is 403 g/mol. The van der Waals surface area contributed by atoms with E-state index in [1.54, 1.807) is 20.8 Å². The smallest absolute Gasteiger partial charge is 0.407 e. The molecule has 0 aromatic heterocycles. The van der Waals surface area contributed by atoms with Crippen molar-refractivity contribution in [1.82, 2.24) is 10.6 Å². The minimum Gasteiger partial charge on any atom is -0.444 e. The van der Waals surface area contributed by atoms with Crippen LogP contribution >= 0.6 is 0 Å². The Hall–Kier alpha value is -2.57. The van der Waals surface area contributed by atoms with Gasteiger partial charge >= 0.3 is 6.09 Å². The number of benzene rings is 1. The van der Waals surface area contributed by atoms with Gasteiger partial charge in [0.2, 0.25) is 11.8 Å². The standard InChI is InChI=1S/C22H33N3O4/c1-22(2,3)29-21(28)23-13-12-19(26)24-15-17-8-10-18(11-9-17)25-20(27)14-16-6-4-5-7-16/h8-11,16H,4-7,12-15H2,1-3H3,(H,23,28)(H,24,26)(H,25,27). The van der Waals surface area contributed by atoms with Gasteiger partial charge < -0.3 is 20.7 Å². The third-order valence-electron chi connectivity index (χ3n) is 4.70. The molecule has 0 bridgehead atoms. The molecule has 29 heavy (non-hydrogen) atoms. The van der Waals surface area contributed by atoms with Gasteiger partial charge in [-0.05, 0) is 57.2 Å². The highest BCUT2D eigenvalue weighted by atomic mass is 16.6. The van der Waals surface area contributed by atoms with E-state index >= 15 is 0 Å². The van der Waals surface area contributed by atoms with Gasteiger partial charge in [-0.1, -0.05) is 25.0 Å². The zero-order chi connectivity index (χ0) is 21.3. The van der Waals surface area contributed by atoms with Crippen molar-refractivity contribution < 1.29 is 19.1 Å². The number of alkyl carbamates (subject to hydrolysis) is 1. The van der Waals surface area contributed by atoms with E-state index in [-0.39, 0.29) is 24.8 Å². The minimum atomic E-state index is -0.561. The molecule has 1 aromatic rings. The fourth-order valence-electron chi connectivity index (χ4n) is 3.28. The van der Waals surface area contributed by atoms with Gasteiger partial charge in [-0.15, -0.1) is 0 Å². The second-order valence-electron chi connectivity index (χ2n) is 8.56. The average molecular weight is 404 g/mol. The van der Waals surface area contributed by atoms with E-state index in [1.165, 1.54) is 12.8 Å². The van der Waals surface area contributed by atoms with E-state index in [2.05, 4.69) is 16.0 Å². The molecule has 3 amide bonds. The van der Waals surface area contributed by atoms with Crippen molar-refractivity contribution in [3.8, 4) is 0 Å². The number of nitrogens with one attached hydrogen (secondary N) is 3. The van der Waals surface area contributed by atoms with Crippen molar-refractivity contribution >= 4 is 23.6 Å². The summed E-state index contributed by atoms with van der Waals surface area (Å²) in [6.07, 6.45) is 5.00. The van der Waals surface area contributed by atoms with Crippen LogP contribution in [0.5, 0.6) is 0 Å². The fraction of sp³-hybridized carbons (Fsp3) is 0.591. The normalized spacial score (nSPS) is 14.3. The quantitative estimate of drug-likeness (QED) is 0.616. The van der Waals surface area contributed by atoms with Crippen LogP contribution in [0.2, 0.25) is 0 Å². The van der Waals surface area contributed by atoms with Crippen LogP contribution in [-0.2, 0) is 20.9 Å². The van der Waals surface area contributed by atoms with Crippen LogP contribution in [0.3, 0.4) is 0 Å². The molecule has 1 saturated carbocycles. The second kappa shape index (κ2) is 10.8. The Morgan fingerprint density at radius 1 is 1.00 bits per heavy atom. The van der Waals surface area contributed by atoms with Crippen LogP contribution in [0.4, 0.5) is 10.5 Å². The first-order valence-electron chi connectivity index (χ1n) is 10.3. The first-order valence-corrected chi connectivity index (χ1v) is 10.3. The predicted molar refractivity (Wildman–Crippen MR) is 112 cm³/mol. The van der Waals surface area contributed by atoms with E-state index < -0.39 is 11.7 Å². The molecular formula is C22H33N3O4. The number of carbonyl (C=O) groups is 3. The number of rotatable bonds is 8. The molecule has 0 radical (unpaired) electrons. The lowest BCUT2D eigenvalue weighted by molar-refractivity contribution is -0.121. The first-order chi connectivity index (χ1) is 13.7. The summed E-state index contributed by atoms with van der Waals surface area (Å²) in [5.41, 5.74) is 1.14. The molecule has 1 aliphatic rings. The fourth-order valence-corrected chi connectivity index (χ4v) is 3.28. The van der Waals surface area contributed by atoms with Crippen molar-refractivity contribution in [3.05, 3.63) is 29.8 Å². The van der Waals surface area contributed by atoms with Gasteiger partial charge in [-0.25, -0.2) is 4.79 Å². The summed E-state index contributed by atoms with van der Waals surface area (Å²) in [5, 5.41) is 8.31. The molecule has 160 valence electrons. The summed E-state index contributed by atoms with van der Waals surface area (Å²) in [6.45, 7) is 5.96. The molecule has 0 atom stereocenters. The molecule has 1 fully saturated rings. The van der Waals surface area contributed by atoms with Crippen LogP contribution in [0.15, 0.2) is 24.3 Å². The molecule has 1 aliphatic carbocycles. The van der Waals surface area contributed by atoms with E-state index in [0.717, 1.165) is 24.1 Å². The van der Waals surface area contributed by atoms with Gasteiger partial charge in [0, 0.05) is 31.6 Å². The molecule has 0 saturated heterocycles. The SMILES string of the molecule is CC(C)(C)OC(=O)NCCC(=O)NCc1ccc(NC(=O)CC2CCCC2)cc1. The molecule has 0 unspecified atom stereocenters. The Morgan fingerprint density at radius 3 is 2.28 bits per heavy atom. The van der Waals surface area contributed by atoms with Crippen LogP contribution in [0.1, 0.15) is 64.9 Å². The van der Waals surface area contributed by atoms with E-state index in [1.807, 2.05) is 24.3 Å². The Balaban J connectivity index is 1.64. The predicted octanol–water partition coefficient (Wildman–Crippen LogP) is 3.74. The lowest BCUT2D eigenvalue weighted by Gasteiger charge is -2.19. The summed E-state index contributed by atoms with van der Waals surface area (Å²) in [4.78, 5) is 35.5. The van der Waals surface area contributed by atoms with Gasteiger partial charge in [0.1, 0.15) is 5.60 Å². The maximum Gasteiger partial charge on any atom is 0.407 e. The van der Waals surface area contributed by atoms with E-state index in [9.17, 15) is 14.4 Å². The number of hydrogen-bond donors (Lipinski definition) is 3. The Bertz CT molecular complexity index is 689. The molecule has 7 heteroatoms. The lowest BCUT2D eigenvalue weighted by atomic mass is 10.0. The summed E-state index contributed by atoms with van der Waals surface area (Å²) in [5.74, 6) is 0.430. The Kier molecular flexibility index (Phi) is 8.49. The molecule has 3 N–H and O–H groups in total. The molecule has 1 aromatic carbocycles. The summed E-state index contributed by atoms with van der Waals surface area (Å²) >= 11 is 0. The summed E-state index contributed by atoms with van der Waals surface area (Å²) in [7, 11) is 0. The van der Waals surface area contributed by atoms with Gasteiger partial charge in [-0.3, -0.25) is 9.59 Å². The maximum atomic E-state index is 12.1.